The van der Waals surface area contributed by atoms with Crippen molar-refractivity contribution in [3.63, 3.8) is 0 Å². The number of esters is 1. The van der Waals surface area contributed by atoms with Crippen molar-refractivity contribution in [2.24, 2.45) is 0 Å². The van der Waals surface area contributed by atoms with E-state index in [2.05, 4.69) is 10.2 Å². The highest BCUT2D eigenvalue weighted by Gasteiger charge is 2.28. The molecule has 6 nitrogen and oxygen atoms in total. The third kappa shape index (κ3) is 4.42. The summed E-state index contributed by atoms with van der Waals surface area (Å²) >= 11 is 0. The van der Waals surface area contributed by atoms with Crippen molar-refractivity contribution in [3.8, 4) is 5.75 Å². The number of aryl methyl sites for hydroxylation is 1. The zero-order chi connectivity index (χ0) is 19.7. The van der Waals surface area contributed by atoms with Crippen LogP contribution in [-0.4, -0.2) is 21.3 Å². The Morgan fingerprint density at radius 2 is 1.54 bits per heavy atom. The molecule has 0 aliphatic rings. The molecule has 0 amide bonds. The molecule has 26 heavy (non-hydrogen) atoms. The molecule has 1 aromatic heterocycles. The van der Waals surface area contributed by atoms with Crippen LogP contribution in [0.15, 0.2) is 16.5 Å². The number of carbonyl (C=O) groups excluding carboxylic acids is 1. The fourth-order valence-corrected chi connectivity index (χ4v) is 2.60. The average Bonchev–Trinajstić information content (AvgIpc) is 2.98. The van der Waals surface area contributed by atoms with E-state index in [1.807, 2.05) is 48.5 Å². The summed E-state index contributed by atoms with van der Waals surface area (Å²) < 4.78 is 10.7. The van der Waals surface area contributed by atoms with Crippen LogP contribution in [0.4, 0.5) is 0 Å². The molecule has 0 saturated carbocycles. The van der Waals surface area contributed by atoms with Crippen molar-refractivity contribution < 1.29 is 19.1 Å². The molecule has 2 aromatic rings. The second-order valence-electron chi connectivity index (χ2n) is 8.44. The molecule has 1 heterocycles. The van der Waals surface area contributed by atoms with Crippen molar-refractivity contribution in [1.82, 2.24) is 10.2 Å². The normalized spacial score (nSPS) is 12.3. The van der Waals surface area contributed by atoms with Crippen LogP contribution in [0.3, 0.4) is 0 Å². The van der Waals surface area contributed by atoms with Gasteiger partial charge in [-0.2, -0.15) is 0 Å². The van der Waals surface area contributed by atoms with Crippen LogP contribution >= 0.6 is 0 Å². The molecule has 0 aliphatic carbocycles. The molecule has 0 saturated heterocycles. The predicted octanol–water partition coefficient (Wildman–Crippen LogP) is 4.29. The molecule has 1 aromatic carbocycles. The summed E-state index contributed by atoms with van der Waals surface area (Å²) in [5, 5.41) is 18.4. The average molecular weight is 360 g/mol. The van der Waals surface area contributed by atoms with E-state index >= 15 is 0 Å². The number of benzene rings is 1. The van der Waals surface area contributed by atoms with Gasteiger partial charge in [0.15, 0.2) is 6.61 Å². The molecular weight excluding hydrogens is 332 g/mol. The Labute approximate surface area is 154 Å². The highest BCUT2D eigenvalue weighted by atomic mass is 16.5. The van der Waals surface area contributed by atoms with Gasteiger partial charge in [-0.05, 0) is 23.0 Å². The van der Waals surface area contributed by atoms with Gasteiger partial charge in [-0.15, -0.1) is 10.2 Å². The largest absolute Gasteiger partial charge is 0.507 e. The first-order valence-corrected chi connectivity index (χ1v) is 8.79. The van der Waals surface area contributed by atoms with E-state index < -0.39 is 5.97 Å². The van der Waals surface area contributed by atoms with Crippen LogP contribution < -0.4 is 0 Å². The minimum Gasteiger partial charge on any atom is -0.507 e. The second kappa shape index (κ2) is 7.09. The second-order valence-corrected chi connectivity index (χ2v) is 8.44. The smallest absolute Gasteiger partial charge is 0.338 e. The Morgan fingerprint density at radius 3 is 1.96 bits per heavy atom. The van der Waals surface area contributed by atoms with Gasteiger partial charge in [-0.25, -0.2) is 4.79 Å². The minimum absolute atomic E-state index is 0.0809. The summed E-state index contributed by atoms with van der Waals surface area (Å²) in [4.78, 5) is 12.6. The molecule has 1 N–H and O–H groups in total. The summed E-state index contributed by atoms with van der Waals surface area (Å²) in [5.74, 6) is 0.509. The van der Waals surface area contributed by atoms with Crippen molar-refractivity contribution in [1.29, 1.82) is 0 Å². The zero-order valence-corrected chi connectivity index (χ0v) is 16.6. The molecule has 142 valence electrons. The number of nitrogens with zero attached hydrogens (tertiary/aromatic N) is 2. The first-order chi connectivity index (χ1) is 11.9. The first-order valence-electron chi connectivity index (χ1n) is 8.79. The quantitative estimate of drug-likeness (QED) is 0.819. The summed E-state index contributed by atoms with van der Waals surface area (Å²) in [5.41, 5.74) is 1.19. The van der Waals surface area contributed by atoms with E-state index in [4.69, 9.17) is 9.15 Å². The molecule has 0 aliphatic heterocycles. The molecule has 2 rings (SSSR count). The Kier molecular flexibility index (Phi) is 5.44. The van der Waals surface area contributed by atoms with E-state index in [0.717, 1.165) is 0 Å². The van der Waals surface area contributed by atoms with E-state index in [1.54, 1.807) is 12.1 Å². The zero-order valence-electron chi connectivity index (χ0n) is 16.6. The summed E-state index contributed by atoms with van der Waals surface area (Å²) in [6.07, 6.45) is 0.628. The van der Waals surface area contributed by atoms with Crippen molar-refractivity contribution in [2.45, 2.75) is 72.3 Å². The fourth-order valence-electron chi connectivity index (χ4n) is 2.60. The monoisotopic (exact) mass is 360 g/mol. The standard InChI is InChI=1S/C20H28N2O4/c1-8-15-21-22-16(26-15)11-25-18(24)12-9-13(19(2,3)4)17(23)14(10-12)20(5,6)7/h9-10,23H,8,11H2,1-7H3. The summed E-state index contributed by atoms with van der Waals surface area (Å²) in [6, 6.07) is 3.39. The van der Waals surface area contributed by atoms with E-state index in [9.17, 15) is 9.90 Å². The van der Waals surface area contributed by atoms with Gasteiger partial charge in [-0.3, -0.25) is 0 Å². The maximum atomic E-state index is 12.6. The Morgan fingerprint density at radius 1 is 1.04 bits per heavy atom. The van der Waals surface area contributed by atoms with E-state index in [0.29, 0.717) is 29.0 Å². The van der Waals surface area contributed by atoms with Crippen LogP contribution in [0.2, 0.25) is 0 Å². The van der Waals surface area contributed by atoms with Crippen LogP contribution in [0.5, 0.6) is 5.75 Å². The first kappa shape index (κ1) is 19.9. The SMILES string of the molecule is CCc1nnc(COC(=O)c2cc(C(C)(C)C)c(O)c(C(C)(C)C)c2)o1. The van der Waals surface area contributed by atoms with Crippen molar-refractivity contribution in [2.75, 3.05) is 0 Å². The lowest BCUT2D eigenvalue weighted by molar-refractivity contribution is 0.0436. The van der Waals surface area contributed by atoms with Crippen LogP contribution in [0, 0.1) is 0 Å². The lowest BCUT2D eigenvalue weighted by Gasteiger charge is -2.27. The van der Waals surface area contributed by atoms with Gasteiger partial charge in [0.2, 0.25) is 5.89 Å². The van der Waals surface area contributed by atoms with Gasteiger partial charge in [-0.1, -0.05) is 48.5 Å². The van der Waals surface area contributed by atoms with Crippen LogP contribution in [-0.2, 0) is 28.6 Å². The molecule has 0 fully saturated rings. The number of aromatic hydroxyl groups is 1. The van der Waals surface area contributed by atoms with Gasteiger partial charge in [0.1, 0.15) is 5.75 Å². The molecule has 0 atom stereocenters. The van der Waals surface area contributed by atoms with Gasteiger partial charge in [0, 0.05) is 17.5 Å². The number of carbonyl (C=O) groups is 1. The van der Waals surface area contributed by atoms with Gasteiger partial charge < -0.3 is 14.3 Å². The Balaban J connectivity index is 2.33. The predicted molar refractivity (Wildman–Crippen MR) is 98.3 cm³/mol. The summed E-state index contributed by atoms with van der Waals surface area (Å²) in [6.45, 7) is 13.8. The molecule has 0 bridgehead atoms. The highest BCUT2D eigenvalue weighted by Crippen LogP contribution is 2.39. The van der Waals surface area contributed by atoms with E-state index in [1.165, 1.54) is 0 Å². The van der Waals surface area contributed by atoms with Crippen molar-refractivity contribution >= 4 is 5.97 Å². The van der Waals surface area contributed by atoms with Crippen LogP contribution in [0.25, 0.3) is 0 Å². The van der Waals surface area contributed by atoms with Gasteiger partial charge in [0.05, 0.1) is 5.56 Å². The fraction of sp³-hybridized carbons (Fsp3) is 0.550. The number of phenolic OH excluding ortho intramolecular Hbond substituents is 1. The van der Waals surface area contributed by atoms with Gasteiger partial charge >= 0.3 is 5.97 Å². The summed E-state index contributed by atoms with van der Waals surface area (Å²) in [7, 11) is 0. The number of hydrogen-bond donors (Lipinski definition) is 1. The maximum Gasteiger partial charge on any atom is 0.338 e. The number of aromatic nitrogens is 2. The van der Waals surface area contributed by atoms with Crippen LogP contribution in [0.1, 0.15) is 81.7 Å². The highest BCUT2D eigenvalue weighted by molar-refractivity contribution is 5.90. The van der Waals surface area contributed by atoms with Crippen molar-refractivity contribution in [3.05, 3.63) is 40.6 Å². The van der Waals surface area contributed by atoms with Gasteiger partial charge in [0.25, 0.3) is 5.89 Å². The Bertz CT molecular complexity index is 760. The third-order valence-electron chi connectivity index (χ3n) is 4.10. The molecule has 6 heteroatoms. The third-order valence-corrected chi connectivity index (χ3v) is 4.10. The topological polar surface area (TPSA) is 85.5 Å². The maximum absolute atomic E-state index is 12.6. The Hall–Kier alpha value is -2.37. The molecular formula is C20H28N2O4. The lowest BCUT2D eigenvalue weighted by atomic mass is 9.78. The molecule has 0 radical (unpaired) electrons. The lowest BCUT2D eigenvalue weighted by Crippen LogP contribution is -2.19. The van der Waals surface area contributed by atoms with E-state index in [-0.39, 0.29) is 29.1 Å². The number of rotatable bonds is 4. The molecule has 0 unspecified atom stereocenters. The number of phenols is 1. The number of ether oxygens (including phenoxy) is 1. The minimum atomic E-state index is -0.489. The number of hydrogen-bond acceptors (Lipinski definition) is 6. The molecule has 0 spiro atoms.